The Balaban J connectivity index is 2.51. The molecule has 0 aromatic heterocycles. The molecule has 124 valence electrons. The van der Waals surface area contributed by atoms with Gasteiger partial charge in [0.15, 0.2) is 0 Å². The second kappa shape index (κ2) is 7.50. The number of allylic oxidation sites excluding steroid dienone is 1. The Morgan fingerprint density at radius 3 is 2.74 bits per heavy atom. The molecule has 23 heavy (non-hydrogen) atoms. The number of ether oxygens (including phenoxy) is 1. The van der Waals surface area contributed by atoms with Crippen LogP contribution < -0.4 is 10.6 Å². The summed E-state index contributed by atoms with van der Waals surface area (Å²) in [6.45, 7) is 3.96. The van der Waals surface area contributed by atoms with Crippen molar-refractivity contribution in [3.05, 3.63) is 39.5 Å². The van der Waals surface area contributed by atoms with E-state index in [-0.39, 0.29) is 18.4 Å². The van der Waals surface area contributed by atoms with Gasteiger partial charge >= 0.3 is 12.0 Å². The zero-order valence-electron chi connectivity index (χ0n) is 13.0. The first kappa shape index (κ1) is 17.3. The predicted octanol–water partition coefficient (Wildman–Crippen LogP) is 3.13. The van der Waals surface area contributed by atoms with E-state index < -0.39 is 12.0 Å². The number of esters is 1. The number of carbonyl (C=O) groups is 2. The summed E-state index contributed by atoms with van der Waals surface area (Å²) < 4.78 is 5.64. The van der Waals surface area contributed by atoms with Gasteiger partial charge in [0.25, 0.3) is 0 Å². The van der Waals surface area contributed by atoms with Gasteiger partial charge in [-0.1, -0.05) is 19.4 Å². The van der Waals surface area contributed by atoms with Crippen LogP contribution in [0.4, 0.5) is 4.79 Å². The van der Waals surface area contributed by atoms with Crippen LogP contribution in [0.5, 0.6) is 5.75 Å². The number of hydrogen-bond acceptors (Lipinski definition) is 4. The molecule has 0 radical (unpaired) electrons. The Morgan fingerprint density at radius 1 is 1.39 bits per heavy atom. The van der Waals surface area contributed by atoms with E-state index in [0.29, 0.717) is 27.7 Å². The maximum Gasteiger partial charge on any atom is 0.338 e. The fourth-order valence-electron chi connectivity index (χ4n) is 2.47. The summed E-state index contributed by atoms with van der Waals surface area (Å²) in [5.74, 6) is -0.373. The van der Waals surface area contributed by atoms with Crippen LogP contribution in [0.1, 0.15) is 38.3 Å². The molecule has 1 aliphatic rings. The van der Waals surface area contributed by atoms with Crippen LogP contribution in [0.2, 0.25) is 0 Å². The van der Waals surface area contributed by atoms with E-state index in [1.807, 2.05) is 6.92 Å². The number of nitrogens with one attached hydrogen (secondary N) is 2. The van der Waals surface area contributed by atoms with E-state index in [9.17, 15) is 14.7 Å². The number of rotatable bonds is 5. The molecule has 0 bridgehead atoms. The number of urea groups is 1. The normalized spacial score (nSPS) is 17.5. The SMILES string of the molecule is CCCC1=C(C(=O)OCC)C(c2ccc(O)c(Br)c2)NC(=O)N1. The first-order chi connectivity index (χ1) is 11.0. The van der Waals surface area contributed by atoms with Crippen molar-refractivity contribution in [3.8, 4) is 5.75 Å². The molecule has 0 fully saturated rings. The van der Waals surface area contributed by atoms with Gasteiger partial charge in [0.1, 0.15) is 5.75 Å². The summed E-state index contributed by atoms with van der Waals surface area (Å²) in [5, 5.41) is 15.1. The minimum absolute atomic E-state index is 0.0875. The summed E-state index contributed by atoms with van der Waals surface area (Å²) >= 11 is 3.25. The van der Waals surface area contributed by atoms with E-state index in [0.717, 1.165) is 6.42 Å². The summed E-state index contributed by atoms with van der Waals surface area (Å²) in [6, 6.07) is 3.86. The molecule has 0 saturated heterocycles. The fraction of sp³-hybridized carbons (Fsp3) is 0.375. The van der Waals surface area contributed by atoms with Crippen molar-refractivity contribution in [2.24, 2.45) is 0 Å². The lowest BCUT2D eigenvalue weighted by molar-refractivity contribution is -0.139. The Morgan fingerprint density at radius 2 is 2.13 bits per heavy atom. The smallest absolute Gasteiger partial charge is 0.338 e. The summed E-state index contributed by atoms with van der Waals surface area (Å²) in [4.78, 5) is 24.3. The van der Waals surface area contributed by atoms with Crippen LogP contribution in [-0.2, 0) is 9.53 Å². The molecule has 2 amide bonds. The van der Waals surface area contributed by atoms with Crippen LogP contribution in [0.15, 0.2) is 33.9 Å². The molecule has 0 spiro atoms. The number of benzene rings is 1. The zero-order chi connectivity index (χ0) is 17.0. The van der Waals surface area contributed by atoms with Crippen molar-refractivity contribution in [2.45, 2.75) is 32.7 Å². The van der Waals surface area contributed by atoms with Crippen LogP contribution in [-0.4, -0.2) is 23.7 Å². The Kier molecular flexibility index (Phi) is 5.65. The van der Waals surface area contributed by atoms with E-state index >= 15 is 0 Å². The van der Waals surface area contributed by atoms with Gasteiger partial charge < -0.3 is 20.5 Å². The number of hydrogen-bond donors (Lipinski definition) is 3. The first-order valence-corrected chi connectivity index (χ1v) is 8.23. The molecule has 1 aromatic rings. The van der Waals surface area contributed by atoms with Crippen molar-refractivity contribution in [2.75, 3.05) is 6.61 Å². The van der Waals surface area contributed by atoms with E-state index in [4.69, 9.17) is 4.74 Å². The number of amides is 2. The molecule has 6 nitrogen and oxygen atoms in total. The van der Waals surface area contributed by atoms with Crippen molar-refractivity contribution in [1.29, 1.82) is 0 Å². The van der Waals surface area contributed by atoms with E-state index in [1.54, 1.807) is 19.1 Å². The molecule has 1 aliphatic heterocycles. The summed E-state index contributed by atoms with van der Waals surface area (Å²) in [5.41, 5.74) is 1.65. The summed E-state index contributed by atoms with van der Waals surface area (Å²) in [7, 11) is 0. The molecule has 3 N–H and O–H groups in total. The fourth-order valence-corrected chi connectivity index (χ4v) is 2.86. The van der Waals surface area contributed by atoms with Crippen LogP contribution in [0.25, 0.3) is 0 Å². The van der Waals surface area contributed by atoms with Gasteiger partial charge in [-0.3, -0.25) is 0 Å². The predicted molar refractivity (Wildman–Crippen MR) is 88.8 cm³/mol. The van der Waals surface area contributed by atoms with Gasteiger partial charge in [-0.2, -0.15) is 0 Å². The van der Waals surface area contributed by atoms with E-state index in [2.05, 4.69) is 26.6 Å². The van der Waals surface area contributed by atoms with Gasteiger partial charge in [0, 0.05) is 5.70 Å². The lowest BCUT2D eigenvalue weighted by Crippen LogP contribution is -2.46. The lowest BCUT2D eigenvalue weighted by Gasteiger charge is -2.29. The maximum absolute atomic E-state index is 12.4. The van der Waals surface area contributed by atoms with Crippen molar-refractivity contribution >= 4 is 27.9 Å². The number of phenols is 1. The van der Waals surface area contributed by atoms with Crippen LogP contribution in [0, 0.1) is 0 Å². The van der Waals surface area contributed by atoms with Crippen LogP contribution in [0.3, 0.4) is 0 Å². The molecule has 1 atom stereocenters. The van der Waals surface area contributed by atoms with Crippen LogP contribution >= 0.6 is 15.9 Å². The van der Waals surface area contributed by atoms with Gasteiger partial charge in [0.05, 0.1) is 22.7 Å². The first-order valence-electron chi connectivity index (χ1n) is 7.44. The molecule has 0 saturated carbocycles. The Hall–Kier alpha value is -2.02. The highest BCUT2D eigenvalue weighted by Crippen LogP contribution is 2.33. The van der Waals surface area contributed by atoms with Gasteiger partial charge in [-0.25, -0.2) is 9.59 Å². The highest BCUT2D eigenvalue weighted by molar-refractivity contribution is 9.10. The second-order valence-electron chi connectivity index (χ2n) is 5.11. The number of phenolic OH excluding ortho intramolecular Hbond substituents is 1. The second-order valence-corrected chi connectivity index (χ2v) is 5.96. The molecular weight excluding hydrogens is 364 g/mol. The van der Waals surface area contributed by atoms with Crippen molar-refractivity contribution in [1.82, 2.24) is 10.6 Å². The molecule has 0 aliphatic carbocycles. The van der Waals surface area contributed by atoms with Crippen molar-refractivity contribution < 1.29 is 19.4 Å². The molecule has 1 unspecified atom stereocenters. The maximum atomic E-state index is 12.4. The number of carbonyl (C=O) groups excluding carboxylic acids is 2. The average molecular weight is 383 g/mol. The zero-order valence-corrected chi connectivity index (χ0v) is 14.6. The van der Waals surface area contributed by atoms with Gasteiger partial charge in [-0.05, 0) is 47.0 Å². The quantitative estimate of drug-likeness (QED) is 0.682. The monoisotopic (exact) mass is 382 g/mol. The summed E-state index contributed by atoms with van der Waals surface area (Å²) in [6.07, 6.45) is 1.35. The molecule has 2 rings (SSSR count). The number of halogens is 1. The third-order valence-electron chi connectivity index (χ3n) is 3.45. The molecule has 7 heteroatoms. The minimum Gasteiger partial charge on any atom is -0.507 e. The minimum atomic E-state index is -0.624. The van der Waals surface area contributed by atoms with Gasteiger partial charge in [-0.15, -0.1) is 0 Å². The third-order valence-corrected chi connectivity index (χ3v) is 4.09. The molecular formula is C16H19BrN2O4. The number of aromatic hydroxyl groups is 1. The topological polar surface area (TPSA) is 87.7 Å². The van der Waals surface area contributed by atoms with E-state index in [1.165, 1.54) is 6.07 Å². The standard InChI is InChI=1S/C16H19BrN2O4/c1-3-5-11-13(15(21)23-4-2)14(19-16(22)18-11)9-6-7-12(20)10(17)8-9/h6-8,14,20H,3-5H2,1-2H3,(H2,18,19,22). The highest BCUT2D eigenvalue weighted by atomic mass is 79.9. The highest BCUT2D eigenvalue weighted by Gasteiger charge is 2.33. The van der Waals surface area contributed by atoms with Gasteiger partial charge in [0.2, 0.25) is 0 Å². The molecule has 1 aromatic carbocycles. The largest absolute Gasteiger partial charge is 0.507 e. The average Bonchev–Trinajstić information content (AvgIpc) is 2.50. The Bertz CT molecular complexity index is 657. The Labute approximate surface area is 143 Å². The lowest BCUT2D eigenvalue weighted by atomic mass is 9.94. The third kappa shape index (κ3) is 3.85. The van der Waals surface area contributed by atoms with Crippen molar-refractivity contribution in [3.63, 3.8) is 0 Å². The molecule has 1 heterocycles.